The average molecular weight is 344 g/mol. The van der Waals surface area contributed by atoms with Crippen LogP contribution in [-0.2, 0) is 11.3 Å². The zero-order valence-electron chi connectivity index (χ0n) is 13.6. The third kappa shape index (κ3) is 4.04. The van der Waals surface area contributed by atoms with Gasteiger partial charge in [-0.25, -0.2) is 9.97 Å². The van der Waals surface area contributed by atoms with Gasteiger partial charge >= 0.3 is 0 Å². The summed E-state index contributed by atoms with van der Waals surface area (Å²) in [6.45, 7) is 3.64. The average Bonchev–Trinajstić information content (AvgIpc) is 2.67. The number of anilines is 1. The molecule has 1 aliphatic rings. The van der Waals surface area contributed by atoms with Gasteiger partial charge in [-0.05, 0) is 30.0 Å². The number of ether oxygens (including phenoxy) is 1. The lowest BCUT2D eigenvalue weighted by Crippen LogP contribution is -2.36. The Hall–Kier alpha value is -2.12. The molecular formula is C17H20N4O2S. The van der Waals surface area contributed by atoms with E-state index < -0.39 is 0 Å². The van der Waals surface area contributed by atoms with Gasteiger partial charge in [0.05, 0.1) is 18.8 Å². The van der Waals surface area contributed by atoms with Crippen molar-refractivity contribution in [2.45, 2.75) is 11.6 Å². The lowest BCUT2D eigenvalue weighted by molar-refractivity contribution is 0.0947. The minimum Gasteiger partial charge on any atom is -0.378 e. The highest BCUT2D eigenvalue weighted by molar-refractivity contribution is 7.98. The van der Waals surface area contributed by atoms with Crippen LogP contribution in [0.4, 0.5) is 5.82 Å². The molecule has 6 nitrogen and oxygen atoms in total. The third-order valence-corrected chi connectivity index (χ3v) is 4.52. The minimum atomic E-state index is -0.121. The maximum Gasteiger partial charge on any atom is 0.254 e. The summed E-state index contributed by atoms with van der Waals surface area (Å²) in [7, 11) is 0. The smallest absolute Gasteiger partial charge is 0.254 e. The van der Waals surface area contributed by atoms with Crippen molar-refractivity contribution in [3.8, 4) is 0 Å². The molecule has 1 fully saturated rings. The predicted molar refractivity (Wildman–Crippen MR) is 94.5 cm³/mol. The molecule has 3 rings (SSSR count). The van der Waals surface area contributed by atoms with Gasteiger partial charge in [0.1, 0.15) is 10.8 Å². The molecular weight excluding hydrogens is 324 g/mol. The van der Waals surface area contributed by atoms with Crippen molar-refractivity contribution < 1.29 is 9.53 Å². The maximum atomic E-state index is 12.3. The SMILES string of the molecule is CSc1ncccc1C(=O)NCc1ccc(N2CCOCC2)nc1. The number of morpholine rings is 1. The van der Waals surface area contributed by atoms with E-state index in [1.54, 1.807) is 18.3 Å². The summed E-state index contributed by atoms with van der Waals surface area (Å²) in [5, 5.41) is 3.66. The summed E-state index contributed by atoms with van der Waals surface area (Å²) in [5.74, 6) is 0.829. The Morgan fingerprint density at radius 2 is 2.12 bits per heavy atom. The second-order valence-corrected chi connectivity index (χ2v) is 6.16. The highest BCUT2D eigenvalue weighted by atomic mass is 32.2. The van der Waals surface area contributed by atoms with Crippen LogP contribution in [0.15, 0.2) is 41.7 Å². The highest BCUT2D eigenvalue weighted by Crippen LogP contribution is 2.17. The maximum absolute atomic E-state index is 12.3. The van der Waals surface area contributed by atoms with E-state index in [4.69, 9.17) is 4.74 Å². The van der Waals surface area contributed by atoms with E-state index in [1.807, 2.05) is 24.6 Å². The van der Waals surface area contributed by atoms with Crippen LogP contribution < -0.4 is 10.2 Å². The van der Waals surface area contributed by atoms with Gasteiger partial charge in [0.25, 0.3) is 5.91 Å². The fourth-order valence-electron chi connectivity index (χ4n) is 2.50. The summed E-state index contributed by atoms with van der Waals surface area (Å²) in [4.78, 5) is 23.2. The fourth-order valence-corrected chi connectivity index (χ4v) is 3.05. The van der Waals surface area contributed by atoms with Gasteiger partial charge in [0.15, 0.2) is 0 Å². The number of carbonyl (C=O) groups excluding carboxylic acids is 1. The first-order valence-electron chi connectivity index (χ1n) is 7.83. The van der Waals surface area contributed by atoms with Crippen molar-refractivity contribution in [2.75, 3.05) is 37.5 Å². The molecule has 0 bridgehead atoms. The highest BCUT2D eigenvalue weighted by Gasteiger charge is 2.13. The number of amides is 1. The standard InChI is InChI=1S/C17H20N4O2S/c1-24-17-14(3-2-6-18-17)16(22)20-12-13-4-5-15(19-11-13)21-7-9-23-10-8-21/h2-6,11H,7-10,12H2,1H3,(H,20,22). The van der Waals surface area contributed by atoms with E-state index in [2.05, 4.69) is 20.2 Å². The molecule has 24 heavy (non-hydrogen) atoms. The molecule has 1 N–H and O–H groups in total. The van der Waals surface area contributed by atoms with E-state index in [-0.39, 0.29) is 5.91 Å². The first-order valence-corrected chi connectivity index (χ1v) is 9.05. The van der Waals surface area contributed by atoms with E-state index in [0.29, 0.717) is 12.1 Å². The molecule has 0 spiro atoms. The van der Waals surface area contributed by atoms with E-state index >= 15 is 0 Å². The quantitative estimate of drug-likeness (QED) is 0.837. The van der Waals surface area contributed by atoms with Gasteiger partial charge in [0, 0.05) is 32.0 Å². The molecule has 0 saturated carbocycles. The number of thioether (sulfide) groups is 1. The topological polar surface area (TPSA) is 67.4 Å². The number of carbonyl (C=O) groups is 1. The molecule has 0 atom stereocenters. The van der Waals surface area contributed by atoms with Crippen molar-refractivity contribution in [1.29, 1.82) is 0 Å². The van der Waals surface area contributed by atoms with Gasteiger partial charge in [-0.3, -0.25) is 4.79 Å². The molecule has 1 saturated heterocycles. The summed E-state index contributed by atoms with van der Waals surface area (Å²) in [6.07, 6.45) is 5.41. The van der Waals surface area contributed by atoms with Crippen LogP contribution in [0.3, 0.4) is 0 Å². The summed E-state index contributed by atoms with van der Waals surface area (Å²) >= 11 is 1.46. The molecule has 2 aromatic heterocycles. The number of nitrogens with one attached hydrogen (secondary N) is 1. The summed E-state index contributed by atoms with van der Waals surface area (Å²) in [6, 6.07) is 7.54. The lowest BCUT2D eigenvalue weighted by atomic mass is 10.2. The van der Waals surface area contributed by atoms with Crippen molar-refractivity contribution in [1.82, 2.24) is 15.3 Å². The molecule has 0 aliphatic carbocycles. The van der Waals surface area contributed by atoms with Crippen LogP contribution in [-0.4, -0.2) is 48.4 Å². The van der Waals surface area contributed by atoms with Crippen LogP contribution in [0, 0.1) is 0 Å². The van der Waals surface area contributed by atoms with Crippen molar-refractivity contribution in [3.05, 3.63) is 47.8 Å². The van der Waals surface area contributed by atoms with Crippen molar-refractivity contribution >= 4 is 23.5 Å². The predicted octanol–water partition coefficient (Wildman–Crippen LogP) is 1.97. The van der Waals surface area contributed by atoms with Crippen LogP contribution in [0.25, 0.3) is 0 Å². The summed E-state index contributed by atoms with van der Waals surface area (Å²) < 4.78 is 5.35. The molecule has 0 aromatic carbocycles. The Bertz CT molecular complexity index is 687. The van der Waals surface area contributed by atoms with Gasteiger partial charge in [-0.1, -0.05) is 6.07 Å². The lowest BCUT2D eigenvalue weighted by Gasteiger charge is -2.27. The van der Waals surface area contributed by atoms with E-state index in [0.717, 1.165) is 42.7 Å². The van der Waals surface area contributed by atoms with Crippen LogP contribution in [0.5, 0.6) is 0 Å². The van der Waals surface area contributed by atoms with Gasteiger partial charge in [0.2, 0.25) is 0 Å². The molecule has 1 amide bonds. The number of nitrogens with zero attached hydrogens (tertiary/aromatic N) is 3. The molecule has 7 heteroatoms. The zero-order valence-corrected chi connectivity index (χ0v) is 14.4. The Balaban J connectivity index is 1.59. The molecule has 1 aliphatic heterocycles. The second kappa shape index (κ2) is 8.12. The van der Waals surface area contributed by atoms with Gasteiger partial charge in [-0.2, -0.15) is 0 Å². The Labute approximate surface area is 145 Å². The minimum absolute atomic E-state index is 0.121. The summed E-state index contributed by atoms with van der Waals surface area (Å²) in [5.41, 5.74) is 1.57. The normalized spacial score (nSPS) is 14.5. The molecule has 126 valence electrons. The second-order valence-electron chi connectivity index (χ2n) is 5.37. The van der Waals surface area contributed by atoms with E-state index in [1.165, 1.54) is 11.8 Å². The Morgan fingerprint density at radius 3 is 2.83 bits per heavy atom. The van der Waals surface area contributed by atoms with Gasteiger partial charge < -0.3 is 15.0 Å². The zero-order chi connectivity index (χ0) is 16.8. The van der Waals surface area contributed by atoms with Crippen LogP contribution in [0.2, 0.25) is 0 Å². The number of rotatable bonds is 5. The first-order chi connectivity index (χ1) is 11.8. The fraction of sp³-hybridized carbons (Fsp3) is 0.353. The monoisotopic (exact) mass is 344 g/mol. The van der Waals surface area contributed by atoms with Crippen molar-refractivity contribution in [3.63, 3.8) is 0 Å². The van der Waals surface area contributed by atoms with Crippen LogP contribution in [0.1, 0.15) is 15.9 Å². The first kappa shape index (κ1) is 16.7. The molecule has 0 unspecified atom stereocenters. The Morgan fingerprint density at radius 1 is 1.29 bits per heavy atom. The van der Waals surface area contributed by atoms with Gasteiger partial charge in [-0.15, -0.1) is 11.8 Å². The van der Waals surface area contributed by atoms with E-state index in [9.17, 15) is 4.79 Å². The largest absolute Gasteiger partial charge is 0.378 e. The number of aromatic nitrogens is 2. The van der Waals surface area contributed by atoms with Crippen LogP contribution >= 0.6 is 11.8 Å². The third-order valence-electron chi connectivity index (χ3n) is 3.81. The molecule has 2 aromatic rings. The number of pyridine rings is 2. The Kier molecular flexibility index (Phi) is 5.66. The molecule has 3 heterocycles. The number of hydrogen-bond donors (Lipinski definition) is 1. The number of hydrogen-bond acceptors (Lipinski definition) is 6. The molecule has 0 radical (unpaired) electrons. The van der Waals surface area contributed by atoms with Crippen molar-refractivity contribution in [2.24, 2.45) is 0 Å².